The van der Waals surface area contributed by atoms with Gasteiger partial charge < -0.3 is 10.4 Å². The van der Waals surface area contributed by atoms with Gasteiger partial charge in [-0.05, 0) is 24.7 Å². The first-order valence-electron chi connectivity index (χ1n) is 5.01. The van der Waals surface area contributed by atoms with E-state index in [-0.39, 0.29) is 6.10 Å². The second-order valence-electron chi connectivity index (χ2n) is 4.49. The van der Waals surface area contributed by atoms with E-state index in [0.717, 1.165) is 12.5 Å². The molecule has 0 aliphatic heterocycles. The maximum Gasteiger partial charge on any atom is 0.0687 e. The van der Waals surface area contributed by atoms with Crippen molar-refractivity contribution in [2.45, 2.75) is 45.8 Å². The van der Waals surface area contributed by atoms with E-state index in [1.54, 1.807) is 0 Å². The van der Waals surface area contributed by atoms with Crippen LogP contribution < -0.4 is 5.32 Å². The van der Waals surface area contributed by atoms with Crippen LogP contribution in [0.5, 0.6) is 0 Å². The molecule has 0 aromatic heterocycles. The zero-order chi connectivity index (χ0) is 9.14. The topological polar surface area (TPSA) is 32.3 Å². The predicted molar refractivity (Wildman–Crippen MR) is 51.0 cm³/mol. The first-order valence-corrected chi connectivity index (χ1v) is 5.01. The van der Waals surface area contributed by atoms with Crippen molar-refractivity contribution in [3.05, 3.63) is 0 Å². The Bertz CT molecular complexity index is 130. The number of hydrogen-bond donors (Lipinski definition) is 2. The lowest BCUT2D eigenvalue weighted by Gasteiger charge is -2.34. The van der Waals surface area contributed by atoms with Gasteiger partial charge in [0.15, 0.2) is 0 Å². The fraction of sp³-hybridized carbons (Fsp3) is 1.00. The second kappa shape index (κ2) is 4.24. The van der Waals surface area contributed by atoms with Crippen LogP contribution in [0, 0.1) is 11.8 Å². The SMILES string of the molecule is CC1CC(NCC(O)C(C)C)C1. The molecule has 12 heavy (non-hydrogen) atoms. The van der Waals surface area contributed by atoms with E-state index in [9.17, 15) is 5.11 Å². The molecule has 0 saturated heterocycles. The molecule has 1 fully saturated rings. The van der Waals surface area contributed by atoms with Gasteiger partial charge in [0.25, 0.3) is 0 Å². The molecule has 2 heteroatoms. The number of aliphatic hydroxyl groups excluding tert-OH is 1. The van der Waals surface area contributed by atoms with E-state index >= 15 is 0 Å². The third-order valence-electron chi connectivity index (χ3n) is 2.76. The molecule has 1 aliphatic carbocycles. The molecule has 0 aromatic rings. The Balaban J connectivity index is 2.02. The third kappa shape index (κ3) is 2.76. The molecule has 0 radical (unpaired) electrons. The molecule has 1 aliphatic rings. The minimum absolute atomic E-state index is 0.180. The summed E-state index contributed by atoms with van der Waals surface area (Å²) < 4.78 is 0. The van der Waals surface area contributed by atoms with Crippen molar-refractivity contribution in [2.24, 2.45) is 11.8 Å². The molecule has 0 spiro atoms. The van der Waals surface area contributed by atoms with Crippen molar-refractivity contribution in [1.29, 1.82) is 0 Å². The van der Waals surface area contributed by atoms with E-state index in [4.69, 9.17) is 0 Å². The first-order chi connectivity index (χ1) is 5.59. The maximum atomic E-state index is 9.50. The average Bonchev–Trinajstić information content (AvgIpc) is 1.95. The molecule has 0 heterocycles. The lowest BCUT2D eigenvalue weighted by atomic mass is 9.82. The monoisotopic (exact) mass is 171 g/mol. The van der Waals surface area contributed by atoms with E-state index in [2.05, 4.69) is 26.1 Å². The van der Waals surface area contributed by atoms with Crippen LogP contribution in [0.3, 0.4) is 0 Å². The van der Waals surface area contributed by atoms with E-state index in [1.807, 2.05) is 0 Å². The smallest absolute Gasteiger partial charge is 0.0687 e. The predicted octanol–water partition coefficient (Wildman–Crippen LogP) is 1.39. The molecule has 72 valence electrons. The maximum absolute atomic E-state index is 9.50. The summed E-state index contributed by atoms with van der Waals surface area (Å²) in [5.74, 6) is 1.26. The largest absolute Gasteiger partial charge is 0.392 e. The number of aliphatic hydroxyl groups is 1. The lowest BCUT2D eigenvalue weighted by molar-refractivity contribution is 0.109. The minimum Gasteiger partial charge on any atom is -0.392 e. The van der Waals surface area contributed by atoms with Crippen LogP contribution in [0.1, 0.15) is 33.6 Å². The van der Waals surface area contributed by atoms with Gasteiger partial charge in [-0.3, -0.25) is 0 Å². The van der Waals surface area contributed by atoms with E-state index < -0.39 is 0 Å². The fourth-order valence-corrected chi connectivity index (χ4v) is 1.59. The zero-order valence-corrected chi connectivity index (χ0v) is 8.38. The van der Waals surface area contributed by atoms with Gasteiger partial charge in [-0.1, -0.05) is 20.8 Å². The van der Waals surface area contributed by atoms with Gasteiger partial charge in [0.2, 0.25) is 0 Å². The highest BCUT2D eigenvalue weighted by molar-refractivity contribution is 4.83. The Kier molecular flexibility index (Phi) is 3.53. The van der Waals surface area contributed by atoms with Crippen LogP contribution in [0.4, 0.5) is 0 Å². The minimum atomic E-state index is -0.180. The molecular weight excluding hydrogens is 150 g/mol. The summed E-state index contributed by atoms with van der Waals surface area (Å²) in [5.41, 5.74) is 0. The molecular formula is C10H21NO. The number of rotatable bonds is 4. The molecule has 1 unspecified atom stereocenters. The highest BCUT2D eigenvalue weighted by atomic mass is 16.3. The van der Waals surface area contributed by atoms with Crippen molar-refractivity contribution < 1.29 is 5.11 Å². The van der Waals surface area contributed by atoms with Gasteiger partial charge in [-0.2, -0.15) is 0 Å². The van der Waals surface area contributed by atoms with Gasteiger partial charge >= 0.3 is 0 Å². The van der Waals surface area contributed by atoms with Crippen LogP contribution in [0.2, 0.25) is 0 Å². The molecule has 2 nitrogen and oxygen atoms in total. The summed E-state index contributed by atoms with van der Waals surface area (Å²) in [6.07, 6.45) is 2.39. The highest BCUT2D eigenvalue weighted by Gasteiger charge is 2.25. The van der Waals surface area contributed by atoms with Crippen molar-refractivity contribution >= 4 is 0 Å². The Hall–Kier alpha value is -0.0800. The van der Waals surface area contributed by atoms with Gasteiger partial charge in [0, 0.05) is 12.6 Å². The second-order valence-corrected chi connectivity index (χ2v) is 4.49. The Morgan fingerprint density at radius 1 is 1.42 bits per heavy atom. The molecule has 0 amide bonds. The Morgan fingerprint density at radius 2 is 2.00 bits per heavy atom. The molecule has 1 saturated carbocycles. The summed E-state index contributed by atoms with van der Waals surface area (Å²) in [4.78, 5) is 0. The summed E-state index contributed by atoms with van der Waals surface area (Å²) in [6, 6.07) is 0.674. The van der Waals surface area contributed by atoms with E-state index in [1.165, 1.54) is 12.8 Å². The van der Waals surface area contributed by atoms with Crippen LogP contribution in [0.15, 0.2) is 0 Å². The van der Waals surface area contributed by atoms with Crippen LogP contribution in [0.25, 0.3) is 0 Å². The van der Waals surface area contributed by atoms with Crippen molar-refractivity contribution in [3.8, 4) is 0 Å². The van der Waals surface area contributed by atoms with Gasteiger partial charge in [-0.25, -0.2) is 0 Å². The summed E-state index contributed by atoms with van der Waals surface area (Å²) >= 11 is 0. The van der Waals surface area contributed by atoms with Crippen LogP contribution in [-0.4, -0.2) is 23.8 Å². The van der Waals surface area contributed by atoms with Crippen LogP contribution >= 0.6 is 0 Å². The molecule has 1 rings (SSSR count). The van der Waals surface area contributed by atoms with Crippen molar-refractivity contribution in [2.75, 3.05) is 6.54 Å². The van der Waals surface area contributed by atoms with Gasteiger partial charge in [0.05, 0.1) is 6.10 Å². The molecule has 1 atom stereocenters. The average molecular weight is 171 g/mol. The molecule has 2 N–H and O–H groups in total. The number of nitrogens with one attached hydrogen (secondary N) is 1. The summed E-state index contributed by atoms with van der Waals surface area (Å²) in [6.45, 7) is 7.14. The van der Waals surface area contributed by atoms with E-state index in [0.29, 0.717) is 12.0 Å². The highest BCUT2D eigenvalue weighted by Crippen LogP contribution is 2.26. The molecule has 0 bridgehead atoms. The normalized spacial score (nSPS) is 31.8. The zero-order valence-electron chi connectivity index (χ0n) is 8.38. The van der Waals surface area contributed by atoms with Crippen molar-refractivity contribution in [3.63, 3.8) is 0 Å². The van der Waals surface area contributed by atoms with Crippen molar-refractivity contribution in [1.82, 2.24) is 5.32 Å². The molecule has 0 aromatic carbocycles. The summed E-state index contributed by atoms with van der Waals surface area (Å²) in [7, 11) is 0. The first kappa shape index (κ1) is 10.0. The Labute approximate surface area is 75.4 Å². The standard InChI is InChI=1S/C10H21NO/c1-7(2)10(12)6-11-9-4-8(3)5-9/h7-12H,4-6H2,1-3H3. The lowest BCUT2D eigenvalue weighted by Crippen LogP contribution is -2.44. The third-order valence-corrected chi connectivity index (χ3v) is 2.76. The quantitative estimate of drug-likeness (QED) is 0.670. The van der Waals surface area contributed by atoms with Crippen LogP contribution in [-0.2, 0) is 0 Å². The summed E-state index contributed by atoms with van der Waals surface area (Å²) in [5, 5.41) is 12.9. The Morgan fingerprint density at radius 3 is 2.42 bits per heavy atom. The number of hydrogen-bond acceptors (Lipinski definition) is 2. The van der Waals surface area contributed by atoms with Gasteiger partial charge in [0.1, 0.15) is 0 Å². The fourth-order valence-electron chi connectivity index (χ4n) is 1.59. The van der Waals surface area contributed by atoms with Gasteiger partial charge in [-0.15, -0.1) is 0 Å².